The Morgan fingerprint density at radius 2 is 2.24 bits per heavy atom. The number of anilines is 2. The predicted molar refractivity (Wildman–Crippen MR) is 81.6 cm³/mol. The number of aromatic nitrogens is 2. The van der Waals surface area contributed by atoms with Gasteiger partial charge in [-0.2, -0.15) is 4.98 Å². The summed E-state index contributed by atoms with van der Waals surface area (Å²) in [4.78, 5) is 22.4. The average Bonchev–Trinajstić information content (AvgIpc) is 2.85. The first-order chi connectivity index (χ1) is 9.87. The number of nitrogens with one attached hydrogen (secondary N) is 2. The van der Waals surface area contributed by atoms with Gasteiger partial charge in [0.2, 0.25) is 5.95 Å². The van der Waals surface area contributed by atoms with Gasteiger partial charge in [-0.25, -0.2) is 9.78 Å². The first-order valence-corrected chi connectivity index (χ1v) is 7.12. The summed E-state index contributed by atoms with van der Waals surface area (Å²) in [7, 11) is 1.79. The second-order valence-electron chi connectivity index (χ2n) is 6.07. The fourth-order valence-corrected chi connectivity index (χ4v) is 2.21. The minimum atomic E-state index is -0.475. The lowest BCUT2D eigenvalue weighted by molar-refractivity contribution is 0.0509. The summed E-state index contributed by atoms with van der Waals surface area (Å²) in [5.74, 6) is 1.46. The number of carbonyl (C=O) groups excluding carboxylic acids is 1. The molecule has 2 heterocycles. The average molecular weight is 293 g/mol. The van der Waals surface area contributed by atoms with E-state index in [0.717, 1.165) is 25.3 Å². The van der Waals surface area contributed by atoms with Gasteiger partial charge in [-0.3, -0.25) is 0 Å². The van der Waals surface area contributed by atoms with Crippen molar-refractivity contribution < 1.29 is 9.53 Å². The van der Waals surface area contributed by atoms with Gasteiger partial charge in [-0.1, -0.05) is 0 Å². The van der Waals surface area contributed by atoms with Crippen molar-refractivity contribution >= 4 is 17.9 Å². The molecule has 1 saturated heterocycles. The monoisotopic (exact) mass is 293 g/mol. The highest BCUT2D eigenvalue weighted by molar-refractivity contribution is 5.68. The molecule has 7 heteroatoms. The van der Waals surface area contributed by atoms with Crippen molar-refractivity contribution in [2.24, 2.45) is 0 Å². The van der Waals surface area contributed by atoms with Gasteiger partial charge < -0.3 is 20.3 Å². The van der Waals surface area contributed by atoms with Crippen LogP contribution >= 0.6 is 0 Å². The lowest BCUT2D eigenvalue weighted by Crippen LogP contribution is -2.40. The Kier molecular flexibility index (Phi) is 4.50. The van der Waals surface area contributed by atoms with E-state index in [4.69, 9.17) is 4.74 Å². The SMILES string of the molecule is CNc1nccc(N2CC[C@H](NC(=O)OC(C)(C)C)C2)n1. The van der Waals surface area contributed by atoms with Gasteiger partial charge in [-0.15, -0.1) is 0 Å². The summed E-state index contributed by atoms with van der Waals surface area (Å²) >= 11 is 0. The number of ether oxygens (including phenoxy) is 1. The van der Waals surface area contributed by atoms with E-state index >= 15 is 0 Å². The van der Waals surface area contributed by atoms with Crippen molar-refractivity contribution in [1.29, 1.82) is 0 Å². The molecular weight excluding hydrogens is 270 g/mol. The molecule has 1 fully saturated rings. The van der Waals surface area contributed by atoms with Crippen LogP contribution in [0, 0.1) is 0 Å². The van der Waals surface area contributed by atoms with Gasteiger partial charge in [0.05, 0.1) is 6.04 Å². The molecule has 1 aliphatic rings. The van der Waals surface area contributed by atoms with Gasteiger partial charge in [0.15, 0.2) is 0 Å². The van der Waals surface area contributed by atoms with Crippen LogP contribution in [0.3, 0.4) is 0 Å². The Hall–Kier alpha value is -2.05. The summed E-state index contributed by atoms with van der Waals surface area (Å²) in [6, 6.07) is 1.95. The predicted octanol–water partition coefficient (Wildman–Crippen LogP) is 1.62. The molecule has 1 aromatic heterocycles. The maximum atomic E-state index is 11.8. The van der Waals surface area contributed by atoms with Crippen molar-refractivity contribution in [1.82, 2.24) is 15.3 Å². The van der Waals surface area contributed by atoms with Crippen molar-refractivity contribution in [3.05, 3.63) is 12.3 Å². The van der Waals surface area contributed by atoms with Crippen LogP contribution in [0.25, 0.3) is 0 Å². The second-order valence-corrected chi connectivity index (χ2v) is 6.07. The van der Waals surface area contributed by atoms with Crippen LogP contribution < -0.4 is 15.5 Å². The molecule has 116 valence electrons. The third-order valence-electron chi connectivity index (χ3n) is 3.10. The zero-order chi connectivity index (χ0) is 15.5. The van der Waals surface area contributed by atoms with Crippen LogP contribution in [0.4, 0.5) is 16.6 Å². The minimum Gasteiger partial charge on any atom is -0.444 e. The van der Waals surface area contributed by atoms with Crippen LogP contribution in [0.2, 0.25) is 0 Å². The smallest absolute Gasteiger partial charge is 0.407 e. The molecule has 0 aromatic carbocycles. The summed E-state index contributed by atoms with van der Waals surface area (Å²) < 4.78 is 5.27. The summed E-state index contributed by atoms with van der Waals surface area (Å²) in [5.41, 5.74) is -0.475. The van der Waals surface area contributed by atoms with E-state index in [2.05, 4.69) is 25.5 Å². The third-order valence-corrected chi connectivity index (χ3v) is 3.10. The molecule has 1 amide bonds. The molecular formula is C14H23N5O2. The van der Waals surface area contributed by atoms with Crippen LogP contribution in [0.1, 0.15) is 27.2 Å². The molecule has 0 aliphatic carbocycles. The zero-order valence-electron chi connectivity index (χ0n) is 13.0. The molecule has 1 aromatic rings. The van der Waals surface area contributed by atoms with Gasteiger partial charge in [0.1, 0.15) is 11.4 Å². The molecule has 0 unspecified atom stereocenters. The van der Waals surface area contributed by atoms with Crippen LogP contribution in [-0.2, 0) is 4.74 Å². The Morgan fingerprint density at radius 1 is 1.48 bits per heavy atom. The number of rotatable bonds is 3. The fraction of sp³-hybridized carbons (Fsp3) is 0.643. The molecule has 0 saturated carbocycles. The summed E-state index contributed by atoms with van der Waals surface area (Å²) in [6.07, 6.45) is 2.23. The maximum absolute atomic E-state index is 11.8. The highest BCUT2D eigenvalue weighted by Crippen LogP contribution is 2.19. The summed E-state index contributed by atoms with van der Waals surface area (Å²) in [5, 5.41) is 5.82. The quantitative estimate of drug-likeness (QED) is 0.881. The standard InChI is InChI=1S/C14H23N5O2/c1-14(2,3)21-13(20)17-10-6-8-19(9-10)11-5-7-16-12(15-4)18-11/h5,7,10H,6,8-9H2,1-4H3,(H,17,20)(H,15,16,18)/t10-/m0/s1. The van der Waals surface area contributed by atoms with Crippen molar-refractivity contribution in [2.75, 3.05) is 30.4 Å². The van der Waals surface area contributed by atoms with E-state index in [1.165, 1.54) is 0 Å². The molecule has 2 rings (SSSR count). The Labute approximate surface area is 125 Å². The zero-order valence-corrected chi connectivity index (χ0v) is 13.0. The molecule has 0 spiro atoms. The Bertz CT molecular complexity index is 500. The number of hydrogen-bond acceptors (Lipinski definition) is 6. The normalized spacial score (nSPS) is 18.5. The van der Waals surface area contributed by atoms with Crippen LogP contribution in [0.15, 0.2) is 12.3 Å². The number of amides is 1. The highest BCUT2D eigenvalue weighted by atomic mass is 16.6. The number of carbonyl (C=O) groups is 1. The van der Waals surface area contributed by atoms with Crippen molar-refractivity contribution in [3.63, 3.8) is 0 Å². The topological polar surface area (TPSA) is 79.4 Å². The van der Waals surface area contributed by atoms with Gasteiger partial charge in [-0.05, 0) is 33.3 Å². The Morgan fingerprint density at radius 3 is 2.90 bits per heavy atom. The maximum Gasteiger partial charge on any atom is 0.407 e. The summed E-state index contributed by atoms with van der Waals surface area (Å²) in [6.45, 7) is 7.13. The van der Waals surface area contributed by atoms with E-state index in [1.54, 1.807) is 13.2 Å². The molecule has 21 heavy (non-hydrogen) atoms. The first-order valence-electron chi connectivity index (χ1n) is 7.12. The highest BCUT2D eigenvalue weighted by Gasteiger charge is 2.26. The van der Waals surface area contributed by atoms with Crippen LogP contribution in [0.5, 0.6) is 0 Å². The largest absolute Gasteiger partial charge is 0.444 e. The first kappa shape index (κ1) is 15.3. The van der Waals surface area contributed by atoms with E-state index in [0.29, 0.717) is 5.95 Å². The van der Waals surface area contributed by atoms with E-state index in [1.807, 2.05) is 26.8 Å². The molecule has 7 nitrogen and oxygen atoms in total. The minimum absolute atomic E-state index is 0.0767. The molecule has 1 atom stereocenters. The van der Waals surface area contributed by atoms with E-state index in [-0.39, 0.29) is 12.1 Å². The lowest BCUT2D eigenvalue weighted by atomic mass is 10.2. The molecule has 2 N–H and O–H groups in total. The van der Waals surface area contributed by atoms with E-state index < -0.39 is 5.60 Å². The van der Waals surface area contributed by atoms with Gasteiger partial charge in [0.25, 0.3) is 0 Å². The third kappa shape index (κ3) is 4.47. The molecule has 1 aliphatic heterocycles. The number of nitrogens with zero attached hydrogens (tertiary/aromatic N) is 3. The van der Waals surface area contributed by atoms with Gasteiger partial charge in [0, 0.05) is 26.3 Å². The van der Waals surface area contributed by atoms with Crippen LogP contribution in [-0.4, -0.2) is 47.8 Å². The second kappa shape index (κ2) is 6.15. The van der Waals surface area contributed by atoms with Crippen molar-refractivity contribution in [3.8, 4) is 0 Å². The van der Waals surface area contributed by atoms with E-state index in [9.17, 15) is 4.79 Å². The van der Waals surface area contributed by atoms with Gasteiger partial charge >= 0.3 is 6.09 Å². The lowest BCUT2D eigenvalue weighted by Gasteiger charge is -2.22. The fourth-order valence-electron chi connectivity index (χ4n) is 2.21. The number of hydrogen-bond donors (Lipinski definition) is 2. The van der Waals surface area contributed by atoms with Crippen molar-refractivity contribution in [2.45, 2.75) is 38.8 Å². The molecule has 0 bridgehead atoms. The number of alkyl carbamates (subject to hydrolysis) is 1. The molecule has 0 radical (unpaired) electrons. The Balaban J connectivity index is 1.90.